The molecule has 0 spiro atoms. The Kier molecular flexibility index (Phi) is 3.98. The van der Waals surface area contributed by atoms with Gasteiger partial charge in [-0.1, -0.05) is 0 Å². The van der Waals surface area contributed by atoms with Crippen molar-refractivity contribution in [3.63, 3.8) is 0 Å². The van der Waals surface area contributed by atoms with Crippen LogP contribution in [-0.2, 0) is 6.54 Å². The van der Waals surface area contributed by atoms with Crippen molar-refractivity contribution in [3.8, 4) is 0 Å². The average Bonchev–Trinajstić information content (AvgIpc) is 2.96. The first-order chi connectivity index (χ1) is 11.7. The van der Waals surface area contributed by atoms with Crippen LogP contribution in [0.3, 0.4) is 0 Å². The molecule has 0 amide bonds. The fourth-order valence-electron chi connectivity index (χ4n) is 3.55. The largest absolute Gasteiger partial charge is 0.297 e. The molecule has 124 valence electrons. The molecule has 6 nitrogen and oxygen atoms in total. The topological polar surface area (TPSA) is 59.2 Å². The Morgan fingerprint density at radius 3 is 2.67 bits per heavy atom. The van der Waals surface area contributed by atoms with Crippen LogP contribution in [0.1, 0.15) is 41.7 Å². The first-order valence-electron chi connectivity index (χ1n) is 8.51. The first kappa shape index (κ1) is 15.2. The lowest BCUT2D eigenvalue weighted by molar-refractivity contribution is 0.200. The highest BCUT2D eigenvalue weighted by atomic mass is 15.3. The van der Waals surface area contributed by atoms with Crippen molar-refractivity contribution < 1.29 is 0 Å². The van der Waals surface area contributed by atoms with Crippen LogP contribution in [0, 0.1) is 13.8 Å². The molecule has 0 unspecified atom stereocenters. The van der Waals surface area contributed by atoms with Crippen molar-refractivity contribution in [2.24, 2.45) is 0 Å². The van der Waals surface area contributed by atoms with Gasteiger partial charge in [0.2, 0.25) is 0 Å². The lowest BCUT2D eigenvalue weighted by Crippen LogP contribution is -2.33. The van der Waals surface area contributed by atoms with E-state index in [-0.39, 0.29) is 0 Å². The summed E-state index contributed by atoms with van der Waals surface area (Å²) < 4.78 is 2.02. The summed E-state index contributed by atoms with van der Waals surface area (Å²) in [7, 11) is 0. The number of rotatable bonds is 3. The summed E-state index contributed by atoms with van der Waals surface area (Å²) in [5, 5.41) is 4.61. The zero-order valence-electron chi connectivity index (χ0n) is 14.2. The van der Waals surface area contributed by atoms with Crippen molar-refractivity contribution in [2.45, 2.75) is 39.2 Å². The van der Waals surface area contributed by atoms with Crippen LogP contribution in [0.4, 0.5) is 0 Å². The van der Waals surface area contributed by atoms with E-state index in [1.54, 1.807) is 0 Å². The second kappa shape index (κ2) is 6.28. The minimum Gasteiger partial charge on any atom is -0.297 e. The minimum absolute atomic E-state index is 0.540. The Bertz CT molecular complexity index is 848. The van der Waals surface area contributed by atoms with Gasteiger partial charge in [-0.15, -0.1) is 0 Å². The molecule has 0 saturated carbocycles. The average molecular weight is 322 g/mol. The van der Waals surface area contributed by atoms with Crippen molar-refractivity contribution in [3.05, 3.63) is 53.5 Å². The number of likely N-dealkylation sites (tertiary alicyclic amines) is 1. The first-order valence-corrected chi connectivity index (χ1v) is 8.51. The molecule has 1 aliphatic rings. The summed E-state index contributed by atoms with van der Waals surface area (Å²) in [5.74, 6) is 1.38. The summed E-state index contributed by atoms with van der Waals surface area (Å²) in [6.45, 7) is 7.03. The van der Waals surface area contributed by atoms with Gasteiger partial charge in [-0.25, -0.2) is 19.5 Å². The van der Waals surface area contributed by atoms with Crippen molar-refractivity contribution in [1.82, 2.24) is 29.5 Å². The molecule has 3 aromatic rings. The Labute approximate surface area is 141 Å². The highest BCUT2D eigenvalue weighted by molar-refractivity contribution is 5.40. The van der Waals surface area contributed by atoms with Gasteiger partial charge in [-0.05, 0) is 51.9 Å². The second-order valence-electron chi connectivity index (χ2n) is 6.57. The molecule has 0 N–H and O–H groups in total. The van der Waals surface area contributed by atoms with Crippen LogP contribution in [-0.4, -0.2) is 42.6 Å². The van der Waals surface area contributed by atoms with E-state index in [1.165, 1.54) is 5.69 Å². The number of piperidine rings is 1. The van der Waals surface area contributed by atoms with E-state index in [4.69, 9.17) is 0 Å². The summed E-state index contributed by atoms with van der Waals surface area (Å²) in [5.41, 5.74) is 4.36. The standard InChI is InChI=1S/C18H22N6/c1-13-11-18-20-8-4-17(24(18)22-13)15-5-9-23(10-6-15)12-16-3-7-19-14(2)21-16/h3-4,7-8,11,15H,5-6,9-10,12H2,1-2H3. The fourth-order valence-corrected chi connectivity index (χ4v) is 3.55. The van der Waals surface area contributed by atoms with Gasteiger partial charge in [0.15, 0.2) is 5.65 Å². The van der Waals surface area contributed by atoms with Gasteiger partial charge in [-0.2, -0.15) is 5.10 Å². The molecule has 4 heterocycles. The molecule has 0 aromatic carbocycles. The van der Waals surface area contributed by atoms with Crippen molar-refractivity contribution in [2.75, 3.05) is 13.1 Å². The molecule has 24 heavy (non-hydrogen) atoms. The molecule has 0 bridgehead atoms. The normalized spacial score (nSPS) is 16.8. The third-order valence-corrected chi connectivity index (χ3v) is 4.73. The Hall–Kier alpha value is -2.34. The zero-order valence-corrected chi connectivity index (χ0v) is 14.2. The number of aromatic nitrogens is 5. The van der Waals surface area contributed by atoms with Gasteiger partial charge in [0.1, 0.15) is 5.82 Å². The molecule has 1 aliphatic heterocycles. The number of hydrogen-bond donors (Lipinski definition) is 0. The number of aryl methyl sites for hydroxylation is 2. The van der Waals surface area contributed by atoms with E-state index in [9.17, 15) is 0 Å². The van der Waals surface area contributed by atoms with Crippen molar-refractivity contribution >= 4 is 5.65 Å². The SMILES string of the molecule is Cc1cc2nccc(C3CCN(Cc4ccnc(C)n4)CC3)n2n1. The Morgan fingerprint density at radius 2 is 1.88 bits per heavy atom. The molecular weight excluding hydrogens is 300 g/mol. The number of fused-ring (bicyclic) bond motifs is 1. The molecule has 3 aromatic heterocycles. The minimum atomic E-state index is 0.540. The number of hydrogen-bond acceptors (Lipinski definition) is 5. The summed E-state index contributed by atoms with van der Waals surface area (Å²) in [4.78, 5) is 15.6. The van der Waals surface area contributed by atoms with Crippen molar-refractivity contribution in [1.29, 1.82) is 0 Å². The predicted octanol–water partition coefficient (Wildman–Crippen LogP) is 2.52. The van der Waals surface area contributed by atoms with Gasteiger partial charge in [0.05, 0.1) is 11.4 Å². The fraction of sp³-hybridized carbons (Fsp3) is 0.444. The maximum atomic E-state index is 4.61. The Balaban J connectivity index is 1.45. The maximum absolute atomic E-state index is 4.61. The van der Waals surface area contributed by atoms with E-state index in [0.29, 0.717) is 5.92 Å². The molecular formula is C18H22N6. The molecule has 6 heteroatoms. The van der Waals surface area contributed by atoms with Gasteiger partial charge in [0, 0.05) is 36.6 Å². The van der Waals surface area contributed by atoms with Gasteiger partial charge in [0.25, 0.3) is 0 Å². The molecule has 4 rings (SSSR count). The molecule has 0 aliphatic carbocycles. The smallest absolute Gasteiger partial charge is 0.155 e. The lowest BCUT2D eigenvalue weighted by Gasteiger charge is -2.31. The van der Waals surface area contributed by atoms with Crippen LogP contribution in [0.2, 0.25) is 0 Å². The zero-order chi connectivity index (χ0) is 16.5. The van der Waals surface area contributed by atoms with Gasteiger partial charge in [-0.3, -0.25) is 4.90 Å². The highest BCUT2D eigenvalue weighted by Gasteiger charge is 2.23. The molecule has 0 atom stereocenters. The highest BCUT2D eigenvalue weighted by Crippen LogP contribution is 2.28. The van der Waals surface area contributed by atoms with E-state index < -0.39 is 0 Å². The quantitative estimate of drug-likeness (QED) is 0.741. The molecule has 0 radical (unpaired) electrons. The summed E-state index contributed by atoms with van der Waals surface area (Å²) >= 11 is 0. The van der Waals surface area contributed by atoms with Gasteiger partial charge < -0.3 is 0 Å². The van der Waals surface area contributed by atoms with Gasteiger partial charge >= 0.3 is 0 Å². The monoisotopic (exact) mass is 322 g/mol. The van der Waals surface area contributed by atoms with Crippen LogP contribution in [0.5, 0.6) is 0 Å². The third kappa shape index (κ3) is 3.01. The lowest BCUT2D eigenvalue weighted by atomic mass is 9.93. The summed E-state index contributed by atoms with van der Waals surface area (Å²) in [6.07, 6.45) is 6.03. The second-order valence-corrected chi connectivity index (χ2v) is 6.57. The van der Waals surface area contributed by atoms with E-state index in [2.05, 4.69) is 31.0 Å². The van der Waals surface area contributed by atoms with Crippen LogP contribution in [0.25, 0.3) is 5.65 Å². The third-order valence-electron chi connectivity index (χ3n) is 4.73. The van der Waals surface area contributed by atoms with Crippen LogP contribution < -0.4 is 0 Å². The van der Waals surface area contributed by atoms with E-state index in [1.807, 2.05) is 42.9 Å². The summed E-state index contributed by atoms with van der Waals surface area (Å²) in [6, 6.07) is 6.17. The van der Waals surface area contributed by atoms with Crippen LogP contribution in [0.15, 0.2) is 30.6 Å². The maximum Gasteiger partial charge on any atom is 0.155 e. The molecule has 1 saturated heterocycles. The number of nitrogens with zero attached hydrogens (tertiary/aromatic N) is 6. The van der Waals surface area contributed by atoms with E-state index >= 15 is 0 Å². The predicted molar refractivity (Wildman–Crippen MR) is 91.7 cm³/mol. The Morgan fingerprint density at radius 1 is 1.08 bits per heavy atom. The van der Waals surface area contributed by atoms with E-state index in [0.717, 1.165) is 55.3 Å². The van der Waals surface area contributed by atoms with Crippen LogP contribution >= 0.6 is 0 Å². The molecule has 1 fully saturated rings.